The van der Waals surface area contributed by atoms with Gasteiger partial charge in [-0.1, -0.05) is 52.7 Å². The number of aromatic nitrogens is 3. The number of carboxylic acid groups (broad SMARTS) is 1. The summed E-state index contributed by atoms with van der Waals surface area (Å²) >= 11 is 1.16. The van der Waals surface area contributed by atoms with Gasteiger partial charge in [0.2, 0.25) is 82.8 Å². The largest absolute Gasteiger partial charge is 0.508 e. The van der Waals surface area contributed by atoms with Crippen molar-refractivity contribution in [1.29, 1.82) is 5.41 Å². The Morgan fingerprint density at radius 1 is 0.597 bits per heavy atom. The number of rotatable bonds is 28. The number of anilines is 8. The Labute approximate surface area is 773 Å². The first kappa shape index (κ1) is 98.0. The van der Waals surface area contributed by atoms with Crippen LogP contribution in [0.3, 0.4) is 0 Å². The summed E-state index contributed by atoms with van der Waals surface area (Å²) in [7, 11) is 0. The number of nitrogens with two attached hydrogens (primary N) is 4. The van der Waals surface area contributed by atoms with Crippen molar-refractivity contribution in [2.45, 2.75) is 141 Å². The summed E-state index contributed by atoms with van der Waals surface area (Å²) in [4.78, 5) is 224. The number of piperidine rings is 2. The number of thioether (sulfide) groups is 1. The van der Waals surface area contributed by atoms with Crippen molar-refractivity contribution in [2.75, 3.05) is 101 Å². The quantitative estimate of drug-likeness (QED) is 0.0144. The van der Waals surface area contributed by atoms with Crippen LogP contribution < -0.4 is 113 Å². The summed E-state index contributed by atoms with van der Waals surface area (Å²) in [5.41, 5.74) is 25.4. The van der Waals surface area contributed by atoms with Crippen molar-refractivity contribution >= 4 is 158 Å². The van der Waals surface area contributed by atoms with Gasteiger partial charge in [-0.05, 0) is 178 Å². The van der Waals surface area contributed by atoms with Crippen molar-refractivity contribution in [3.63, 3.8) is 0 Å². The number of fused-ring (bicyclic) bond motifs is 6. The van der Waals surface area contributed by atoms with Crippen molar-refractivity contribution in [1.82, 2.24) is 62.8 Å². The first-order valence-corrected chi connectivity index (χ1v) is 45.3. The smallest absolute Gasteiger partial charge is 0.336 e. The second-order valence-electron chi connectivity index (χ2n) is 33.4. The average molecular weight is 1860 g/mol. The highest BCUT2D eigenvalue weighted by Crippen LogP contribution is 2.43. The number of aromatic hydroxyl groups is 1. The Morgan fingerprint density at radius 3 is 1.84 bits per heavy atom. The lowest BCUT2D eigenvalue weighted by atomic mass is 9.90. The van der Waals surface area contributed by atoms with E-state index in [4.69, 9.17) is 47.7 Å². The molecular formula is C91H110N24O18S. The molecular weight excluding hydrogens is 1750 g/mol. The highest BCUT2D eigenvalue weighted by atomic mass is 32.2. The topological polar surface area (TPSA) is 651 Å². The standard InChI is InChI=1S/C91H110N24O18S/c1-5-46(3)75-85(129)106-65(11-9-27-97-88(95)96)83(127)101-43-73(120)105-68(78(94)122)45-134-44-48-32-53(81(125)109-75)34-56(33-48)103-72(119)42-100-80(124)50-24-30-115(31-25-50)91-112-89(104-55-14-18-59(62(36-55)87(131)132)74-60-19-16-57(116)38-69(60)133-70-39-58(117)17-20-61(70)74)111-90(113-91)114-28-22-49(23-29-114)79(123)99-41-71(118)102-54-15-21-64-63(37-54)82(126)110-76(47(4)6-2)86(130)107-66(10-7-8-26-92)84(128)108-67-35-51(77(93)121)12-13-52(67)40-98-64/h12-21,32-39,46-47,49-50,65-66,68,75-76,98,116H,5-11,22-31,40-45,92H2,1-4H3,(H2,93,121)(H2,94,122)(H,99,123)(H,100,124)(H,101,127)(H,102,118)(H,103,119)(H,105,120)(H,106,129)(H,107,130)(H,108,128)(H,109,125)(H,110,126)(H,131,132)(H4,95,96,97)(H,104,111,112,113)/t46-,47-,65-,66-,68-,75-,76-/m0/s1. The van der Waals surface area contributed by atoms with Crippen LogP contribution in [0.4, 0.5) is 46.3 Å². The molecule has 6 aliphatic rings. The van der Waals surface area contributed by atoms with Crippen molar-refractivity contribution in [3.8, 4) is 28.2 Å². The molecule has 0 unspecified atom stereocenters. The van der Waals surface area contributed by atoms with Gasteiger partial charge in [0.25, 0.3) is 11.8 Å². The van der Waals surface area contributed by atoms with Crippen molar-refractivity contribution < 1.29 is 81.8 Å². The van der Waals surface area contributed by atoms with E-state index in [0.717, 1.165) is 11.8 Å². The number of phenols is 1. The van der Waals surface area contributed by atoms with Crippen LogP contribution in [-0.4, -0.2) is 209 Å². The number of hydrogen-bond donors (Lipinski definition) is 21. The van der Waals surface area contributed by atoms with Crippen LogP contribution in [0.5, 0.6) is 5.75 Å². The molecule has 12 rings (SSSR count). The van der Waals surface area contributed by atoms with E-state index in [1.54, 1.807) is 50.2 Å². The summed E-state index contributed by atoms with van der Waals surface area (Å²) in [5, 5.41) is 68.5. The van der Waals surface area contributed by atoms with Gasteiger partial charge < -0.3 is 122 Å². The molecule has 6 aromatic rings. The number of unbranched alkanes of at least 4 members (excludes halogenated alkanes) is 1. The maximum atomic E-state index is 14.6. The fraction of sp³-hybridized carbons (Fsp3) is 0.396. The maximum absolute atomic E-state index is 14.6. The first-order valence-electron chi connectivity index (χ1n) is 44.2. The summed E-state index contributed by atoms with van der Waals surface area (Å²) in [6.45, 7) is 6.91. The van der Waals surface area contributed by atoms with E-state index in [-0.39, 0.29) is 198 Å². The lowest BCUT2D eigenvalue weighted by molar-refractivity contribution is -0.132. The number of nitrogens with one attached hydrogen (secondary N) is 15. The first-order chi connectivity index (χ1) is 64.2. The van der Waals surface area contributed by atoms with Crippen LogP contribution in [0.15, 0.2) is 118 Å². The number of carbonyl (C=O) groups is 14. The van der Waals surface area contributed by atoms with E-state index in [1.165, 1.54) is 72.8 Å². The second kappa shape index (κ2) is 45.2. The van der Waals surface area contributed by atoms with E-state index in [1.807, 2.05) is 23.6 Å². The Hall–Kier alpha value is -15.0. The zero-order valence-electron chi connectivity index (χ0n) is 74.2. The van der Waals surface area contributed by atoms with E-state index >= 15 is 0 Å². The predicted molar refractivity (Wildman–Crippen MR) is 501 cm³/mol. The number of hydrogen-bond acceptors (Lipinski definition) is 27. The van der Waals surface area contributed by atoms with E-state index in [2.05, 4.69) is 74.4 Å². The minimum atomic E-state index is -1.33. The SMILES string of the molecule is CC[C@H](C)[C@@H]1NC(=O)c2cc(cc(NC(=O)CNC(=O)C3CCN(c4nc(Nc5ccc(-c6c7ccc(=O)cc-7oc7cc(O)ccc67)c(C(=O)O)c5)nc(N5CCC(C(=O)NCC(=O)Nc6ccc7c(c6)C(=O)N[C@@H]([C@@H](C)CC)C(=O)N[C@@H](CCCCN)C(=O)Nc6cc(C(N)=O)ccc6CN7)CC5)n4)CC3)c2)CSC[C@@H](C(N)=O)NC(=O)CNC(=O)[C@H](CCCNC(=N)N)NC1=O. The van der Waals surface area contributed by atoms with E-state index in [0.29, 0.717) is 59.9 Å². The minimum absolute atomic E-state index is 0.00861. The number of phenolic OH excluding ortho intramolecular Hbond substituents is 1. The van der Waals surface area contributed by atoms with Gasteiger partial charge >= 0.3 is 5.97 Å². The number of carbonyl (C=O) groups excluding carboxylic acids is 13. The van der Waals surface area contributed by atoms with Crippen LogP contribution in [0.25, 0.3) is 33.4 Å². The molecule has 2 saturated heterocycles. The highest BCUT2D eigenvalue weighted by Gasteiger charge is 2.37. The van der Waals surface area contributed by atoms with Gasteiger partial charge in [0.15, 0.2) is 11.4 Å². The molecule has 2 bridgehead atoms. The van der Waals surface area contributed by atoms with Gasteiger partial charge in [0, 0.05) is 131 Å². The molecule has 0 saturated carbocycles. The molecule has 43 heteroatoms. The highest BCUT2D eigenvalue weighted by molar-refractivity contribution is 7.98. The molecule has 7 atom stereocenters. The molecule has 5 aliphatic heterocycles. The fourth-order valence-electron chi connectivity index (χ4n) is 16.0. The van der Waals surface area contributed by atoms with Crippen LogP contribution >= 0.6 is 11.8 Å². The van der Waals surface area contributed by atoms with E-state index in [9.17, 15) is 82.1 Å². The molecule has 0 radical (unpaired) electrons. The molecule has 1 aromatic heterocycles. The number of nitrogens with zero attached hydrogens (tertiary/aromatic N) is 5. The Bertz CT molecular complexity index is 5860. The fourth-order valence-corrected chi connectivity index (χ4v) is 17.0. The normalized spacial score (nSPS) is 18.5. The summed E-state index contributed by atoms with van der Waals surface area (Å²) in [5.74, 6) is -12.1. The van der Waals surface area contributed by atoms with Crippen molar-refractivity contribution in [2.24, 2.45) is 46.6 Å². The number of amides is 13. The Kier molecular flexibility index (Phi) is 33.1. The van der Waals surface area contributed by atoms with E-state index < -0.39 is 156 Å². The molecule has 13 amide bonds. The van der Waals surface area contributed by atoms with Gasteiger partial charge in [0.05, 0.1) is 30.8 Å². The molecule has 708 valence electrons. The number of guanidine groups is 1. The number of carboxylic acids is 1. The molecule has 0 spiro atoms. The third kappa shape index (κ3) is 25.6. The molecule has 134 heavy (non-hydrogen) atoms. The monoisotopic (exact) mass is 1860 g/mol. The van der Waals surface area contributed by atoms with Gasteiger partial charge in [-0.3, -0.25) is 72.5 Å². The van der Waals surface area contributed by atoms with Crippen LogP contribution in [-0.2, 0) is 60.2 Å². The molecule has 42 nitrogen and oxygen atoms in total. The summed E-state index contributed by atoms with van der Waals surface area (Å²) in [6, 6.07) is 20.7. The third-order valence-electron chi connectivity index (χ3n) is 23.8. The Morgan fingerprint density at radius 2 is 1.22 bits per heavy atom. The van der Waals surface area contributed by atoms with Crippen molar-refractivity contribution in [3.05, 3.63) is 153 Å². The number of aromatic carboxylic acids is 1. The van der Waals surface area contributed by atoms with Gasteiger partial charge in [-0.25, -0.2) is 4.79 Å². The van der Waals surface area contributed by atoms with Crippen LogP contribution in [0.2, 0.25) is 0 Å². The third-order valence-corrected chi connectivity index (χ3v) is 24.9. The predicted octanol–water partition coefficient (Wildman–Crippen LogP) is 3.49. The molecule has 25 N–H and O–H groups in total. The Balaban J connectivity index is 0.737. The maximum Gasteiger partial charge on any atom is 0.336 e. The van der Waals surface area contributed by atoms with Gasteiger partial charge in [-0.15, -0.1) is 0 Å². The zero-order chi connectivity index (χ0) is 96.1. The van der Waals surface area contributed by atoms with Gasteiger partial charge in [-0.2, -0.15) is 26.7 Å². The van der Waals surface area contributed by atoms with Crippen LogP contribution in [0, 0.1) is 29.1 Å². The molecule has 5 aromatic carbocycles. The lowest BCUT2D eigenvalue weighted by Crippen LogP contribution is -2.56. The van der Waals surface area contributed by atoms with Gasteiger partial charge in [0.1, 0.15) is 47.3 Å². The molecule has 6 heterocycles. The second-order valence-corrected chi connectivity index (χ2v) is 34.4. The zero-order valence-corrected chi connectivity index (χ0v) is 75.0. The summed E-state index contributed by atoms with van der Waals surface area (Å²) in [6.07, 6.45) is 3.31. The number of benzene rings is 6. The average Bonchev–Trinajstić information content (AvgIpc) is 0.744. The lowest BCUT2D eigenvalue weighted by Gasteiger charge is -2.34. The summed E-state index contributed by atoms with van der Waals surface area (Å²) < 4.78 is 6.05. The minimum Gasteiger partial charge on any atom is -0.508 e. The molecule has 2 fully saturated rings. The molecule has 1 aliphatic carbocycles. The number of primary amides is 2. The van der Waals surface area contributed by atoms with Crippen LogP contribution in [0.1, 0.15) is 151 Å².